The molecular formula is C21H25ClN2O4S. The Balaban J connectivity index is 1.77. The maximum absolute atomic E-state index is 13.0. The first-order valence-electron chi connectivity index (χ1n) is 9.46. The van der Waals surface area contributed by atoms with Crippen LogP contribution in [0.2, 0.25) is 5.02 Å². The molecule has 0 saturated carbocycles. The highest BCUT2D eigenvalue weighted by Crippen LogP contribution is 2.36. The lowest BCUT2D eigenvalue weighted by atomic mass is 9.78. The van der Waals surface area contributed by atoms with Gasteiger partial charge in [0.1, 0.15) is 5.75 Å². The average Bonchev–Trinajstić information content (AvgIpc) is 2.67. The average molecular weight is 437 g/mol. The summed E-state index contributed by atoms with van der Waals surface area (Å²) in [5, 5.41) is 0.544. The van der Waals surface area contributed by atoms with Crippen molar-refractivity contribution in [2.75, 3.05) is 19.7 Å². The summed E-state index contributed by atoms with van der Waals surface area (Å²) in [7, 11) is -3.53. The second kappa shape index (κ2) is 9.15. The molecule has 1 aliphatic rings. The number of rotatable bonds is 8. The van der Waals surface area contributed by atoms with E-state index in [1.165, 1.54) is 4.31 Å². The number of hydrogen-bond donors (Lipinski definition) is 1. The van der Waals surface area contributed by atoms with Gasteiger partial charge in [-0.3, -0.25) is 4.79 Å². The minimum atomic E-state index is -3.53. The van der Waals surface area contributed by atoms with Crippen molar-refractivity contribution in [3.63, 3.8) is 0 Å². The SMILES string of the molecule is NC(=O)CC1(COc2cccc(Cl)c2)CCCN(S(=O)(=O)Cc2ccccc2)C1. The van der Waals surface area contributed by atoms with E-state index in [0.29, 0.717) is 30.2 Å². The topological polar surface area (TPSA) is 89.7 Å². The fourth-order valence-corrected chi connectivity index (χ4v) is 5.61. The first-order valence-corrected chi connectivity index (χ1v) is 11.5. The Hall–Kier alpha value is -2.09. The number of halogens is 1. The summed E-state index contributed by atoms with van der Waals surface area (Å²) in [5.74, 6) is 0.0305. The summed E-state index contributed by atoms with van der Waals surface area (Å²) in [5.41, 5.74) is 5.56. The highest BCUT2D eigenvalue weighted by molar-refractivity contribution is 7.88. The Kier molecular flexibility index (Phi) is 6.82. The molecule has 29 heavy (non-hydrogen) atoms. The zero-order valence-corrected chi connectivity index (χ0v) is 17.7. The number of nitrogens with zero attached hydrogens (tertiary/aromatic N) is 1. The van der Waals surface area contributed by atoms with Gasteiger partial charge in [0.05, 0.1) is 12.4 Å². The van der Waals surface area contributed by atoms with Crippen molar-refractivity contribution in [3.8, 4) is 5.75 Å². The zero-order chi connectivity index (χ0) is 20.9. The van der Waals surface area contributed by atoms with Gasteiger partial charge in [-0.2, -0.15) is 0 Å². The Bertz CT molecular complexity index is 952. The fourth-order valence-electron chi connectivity index (χ4n) is 3.75. The Labute approximate surface area is 176 Å². The van der Waals surface area contributed by atoms with Crippen LogP contribution in [0.5, 0.6) is 5.75 Å². The third kappa shape index (κ3) is 5.95. The van der Waals surface area contributed by atoms with E-state index in [-0.39, 0.29) is 25.3 Å². The molecule has 1 amide bonds. The third-order valence-corrected chi connectivity index (χ3v) is 7.13. The number of benzene rings is 2. The molecule has 0 radical (unpaired) electrons. The number of piperidine rings is 1. The molecule has 0 spiro atoms. The number of primary amides is 1. The second-order valence-corrected chi connectivity index (χ2v) is 9.97. The van der Waals surface area contributed by atoms with Crippen LogP contribution >= 0.6 is 11.6 Å². The summed E-state index contributed by atoms with van der Waals surface area (Å²) >= 11 is 6.00. The van der Waals surface area contributed by atoms with Crippen LogP contribution in [-0.2, 0) is 20.6 Å². The number of amides is 1. The highest BCUT2D eigenvalue weighted by Gasteiger charge is 2.41. The standard InChI is InChI=1S/C21H25ClN2O4S/c22-18-8-4-9-19(12-18)28-16-21(13-20(23)25)10-5-11-24(15-21)29(26,27)14-17-6-2-1-3-7-17/h1-4,6-9,12H,5,10-11,13-16H2,(H2,23,25). The minimum Gasteiger partial charge on any atom is -0.493 e. The van der Waals surface area contributed by atoms with Gasteiger partial charge in [0, 0.05) is 29.9 Å². The Morgan fingerprint density at radius 3 is 2.62 bits per heavy atom. The van der Waals surface area contributed by atoms with Crippen LogP contribution in [0.1, 0.15) is 24.8 Å². The van der Waals surface area contributed by atoms with Gasteiger partial charge in [-0.05, 0) is 36.6 Å². The summed E-state index contributed by atoms with van der Waals surface area (Å²) in [6.07, 6.45) is 1.36. The summed E-state index contributed by atoms with van der Waals surface area (Å²) in [6.45, 7) is 0.812. The molecule has 1 aliphatic heterocycles. The van der Waals surface area contributed by atoms with Gasteiger partial charge in [0.2, 0.25) is 15.9 Å². The maximum atomic E-state index is 13.0. The number of carbonyl (C=O) groups is 1. The molecule has 2 N–H and O–H groups in total. The number of ether oxygens (including phenoxy) is 1. The van der Waals surface area contributed by atoms with Gasteiger partial charge in [0.15, 0.2) is 0 Å². The fraction of sp³-hybridized carbons (Fsp3) is 0.381. The van der Waals surface area contributed by atoms with Gasteiger partial charge in [-0.25, -0.2) is 12.7 Å². The molecule has 1 saturated heterocycles. The van der Waals surface area contributed by atoms with Crippen molar-refractivity contribution >= 4 is 27.5 Å². The largest absolute Gasteiger partial charge is 0.493 e. The molecule has 2 aromatic carbocycles. The van der Waals surface area contributed by atoms with Crippen LogP contribution in [0.15, 0.2) is 54.6 Å². The molecule has 1 fully saturated rings. The van der Waals surface area contributed by atoms with Crippen molar-refractivity contribution in [2.45, 2.75) is 25.0 Å². The molecule has 2 aromatic rings. The van der Waals surface area contributed by atoms with Gasteiger partial charge in [-0.15, -0.1) is 0 Å². The molecule has 0 bridgehead atoms. The quantitative estimate of drug-likeness (QED) is 0.688. The van der Waals surface area contributed by atoms with Crippen LogP contribution < -0.4 is 10.5 Å². The number of sulfonamides is 1. The van der Waals surface area contributed by atoms with Gasteiger partial charge < -0.3 is 10.5 Å². The second-order valence-electron chi connectivity index (χ2n) is 7.57. The molecule has 156 valence electrons. The zero-order valence-electron chi connectivity index (χ0n) is 16.1. The van der Waals surface area contributed by atoms with E-state index in [0.717, 1.165) is 5.56 Å². The van der Waals surface area contributed by atoms with Gasteiger partial charge in [-0.1, -0.05) is 48.0 Å². The van der Waals surface area contributed by atoms with Crippen LogP contribution in [0.25, 0.3) is 0 Å². The van der Waals surface area contributed by atoms with Crippen molar-refractivity contribution in [2.24, 2.45) is 11.1 Å². The van der Waals surface area contributed by atoms with E-state index in [2.05, 4.69) is 0 Å². The van der Waals surface area contributed by atoms with Crippen LogP contribution in [0.3, 0.4) is 0 Å². The summed E-state index contributed by atoms with van der Waals surface area (Å²) in [6, 6.07) is 16.0. The molecule has 8 heteroatoms. The lowest BCUT2D eigenvalue weighted by Gasteiger charge is -2.41. The first kappa shape index (κ1) is 21.6. The molecule has 0 aromatic heterocycles. The van der Waals surface area contributed by atoms with Crippen molar-refractivity contribution < 1.29 is 17.9 Å². The smallest absolute Gasteiger partial charge is 0.218 e. The lowest BCUT2D eigenvalue weighted by Crippen LogP contribution is -2.50. The number of carbonyl (C=O) groups excluding carboxylic acids is 1. The van der Waals surface area contributed by atoms with Crippen LogP contribution in [0, 0.1) is 5.41 Å². The molecule has 3 rings (SSSR count). The molecule has 0 aliphatic carbocycles. The molecule has 1 unspecified atom stereocenters. The summed E-state index contributed by atoms with van der Waals surface area (Å²) in [4.78, 5) is 11.8. The Morgan fingerprint density at radius 1 is 1.17 bits per heavy atom. The van der Waals surface area contributed by atoms with Crippen LogP contribution in [-0.4, -0.2) is 38.3 Å². The van der Waals surface area contributed by atoms with E-state index in [1.807, 2.05) is 18.2 Å². The third-order valence-electron chi connectivity index (χ3n) is 5.10. The van der Waals surface area contributed by atoms with Crippen molar-refractivity contribution in [1.82, 2.24) is 4.31 Å². The molecular weight excluding hydrogens is 412 g/mol. The normalized spacial score (nSPS) is 20.3. The van der Waals surface area contributed by atoms with E-state index in [9.17, 15) is 13.2 Å². The minimum absolute atomic E-state index is 0.0604. The predicted octanol–water partition coefficient (Wildman–Crippen LogP) is 3.21. The molecule has 1 heterocycles. The van der Waals surface area contributed by atoms with Gasteiger partial charge in [0.25, 0.3) is 0 Å². The van der Waals surface area contributed by atoms with Crippen molar-refractivity contribution in [3.05, 3.63) is 65.2 Å². The van der Waals surface area contributed by atoms with E-state index < -0.39 is 21.3 Å². The number of nitrogens with two attached hydrogens (primary N) is 1. The summed E-state index contributed by atoms with van der Waals surface area (Å²) < 4.78 is 33.4. The van der Waals surface area contributed by atoms with E-state index in [4.69, 9.17) is 22.1 Å². The van der Waals surface area contributed by atoms with Crippen molar-refractivity contribution in [1.29, 1.82) is 0 Å². The monoisotopic (exact) mass is 436 g/mol. The predicted molar refractivity (Wildman–Crippen MR) is 113 cm³/mol. The Morgan fingerprint density at radius 2 is 1.93 bits per heavy atom. The lowest BCUT2D eigenvalue weighted by molar-refractivity contribution is -0.121. The molecule has 1 atom stereocenters. The number of hydrogen-bond acceptors (Lipinski definition) is 4. The first-order chi connectivity index (χ1) is 13.8. The van der Waals surface area contributed by atoms with E-state index >= 15 is 0 Å². The molecule has 6 nitrogen and oxygen atoms in total. The van der Waals surface area contributed by atoms with Crippen LogP contribution in [0.4, 0.5) is 0 Å². The highest BCUT2D eigenvalue weighted by atomic mass is 35.5. The van der Waals surface area contributed by atoms with E-state index in [1.54, 1.807) is 36.4 Å². The maximum Gasteiger partial charge on any atom is 0.218 e. The van der Waals surface area contributed by atoms with Gasteiger partial charge >= 0.3 is 0 Å².